The second kappa shape index (κ2) is 10.6. The molecule has 2 aromatic carbocycles. The Kier molecular flexibility index (Phi) is 6.92. The molecular formula is C31H37N5O2. The van der Waals surface area contributed by atoms with E-state index in [0.717, 1.165) is 50.3 Å². The smallest absolute Gasteiger partial charge is 0.407 e. The number of alkyl carbamates (subject to hydrolysis) is 1. The zero-order valence-corrected chi connectivity index (χ0v) is 22.4. The molecule has 0 spiro atoms. The number of carbonyl (C=O) groups excluding carboxylic acids is 1. The summed E-state index contributed by atoms with van der Waals surface area (Å²) in [5, 5.41) is 6.70. The fourth-order valence-corrected chi connectivity index (χ4v) is 6.38. The number of nitrogens with zero attached hydrogens (tertiary/aromatic N) is 3. The highest BCUT2D eigenvalue weighted by atomic mass is 16.5. The van der Waals surface area contributed by atoms with Crippen LogP contribution in [0.1, 0.15) is 66.8 Å². The van der Waals surface area contributed by atoms with Crippen molar-refractivity contribution < 1.29 is 9.53 Å². The van der Waals surface area contributed by atoms with Crippen LogP contribution in [0.25, 0.3) is 11.1 Å². The van der Waals surface area contributed by atoms with Crippen LogP contribution in [-0.2, 0) is 17.6 Å². The Balaban J connectivity index is 1.01. The van der Waals surface area contributed by atoms with Crippen LogP contribution in [0.4, 0.5) is 16.6 Å². The van der Waals surface area contributed by atoms with Gasteiger partial charge in [0, 0.05) is 37.7 Å². The van der Waals surface area contributed by atoms with Crippen molar-refractivity contribution in [3.8, 4) is 11.1 Å². The molecule has 1 aromatic heterocycles. The van der Waals surface area contributed by atoms with Crippen LogP contribution in [0.3, 0.4) is 0 Å². The number of carbonyl (C=O) groups is 1. The van der Waals surface area contributed by atoms with E-state index < -0.39 is 0 Å². The van der Waals surface area contributed by atoms with E-state index in [9.17, 15) is 4.79 Å². The van der Waals surface area contributed by atoms with Crippen LogP contribution in [0.15, 0.2) is 48.5 Å². The van der Waals surface area contributed by atoms with E-state index in [-0.39, 0.29) is 18.1 Å². The third-order valence-corrected chi connectivity index (χ3v) is 8.31. The van der Waals surface area contributed by atoms with Crippen LogP contribution in [-0.4, -0.2) is 48.8 Å². The monoisotopic (exact) mass is 511 g/mol. The van der Waals surface area contributed by atoms with Gasteiger partial charge in [-0.15, -0.1) is 0 Å². The van der Waals surface area contributed by atoms with Crippen LogP contribution in [0.5, 0.6) is 0 Å². The Morgan fingerprint density at radius 2 is 1.53 bits per heavy atom. The van der Waals surface area contributed by atoms with E-state index in [4.69, 9.17) is 14.7 Å². The number of fused-ring (bicyclic) bond motifs is 4. The molecule has 7 nitrogen and oxygen atoms in total. The second-order valence-electron chi connectivity index (χ2n) is 11.1. The lowest BCUT2D eigenvalue weighted by molar-refractivity contribution is 0.136. The maximum atomic E-state index is 12.7. The molecule has 0 aliphatic heterocycles. The zero-order chi connectivity index (χ0) is 26.1. The molecule has 3 aliphatic carbocycles. The average molecular weight is 512 g/mol. The number of anilines is 2. The molecule has 0 unspecified atom stereocenters. The largest absolute Gasteiger partial charge is 0.449 e. The molecule has 3 aliphatic rings. The lowest BCUT2D eigenvalue weighted by Gasteiger charge is -2.30. The van der Waals surface area contributed by atoms with Gasteiger partial charge in [-0.25, -0.2) is 9.78 Å². The predicted octanol–water partition coefficient (Wildman–Crippen LogP) is 5.68. The fraction of sp³-hybridized carbons (Fsp3) is 0.452. The minimum atomic E-state index is -0.322. The van der Waals surface area contributed by atoms with Gasteiger partial charge >= 0.3 is 6.09 Å². The molecule has 198 valence electrons. The van der Waals surface area contributed by atoms with Gasteiger partial charge in [0.15, 0.2) is 0 Å². The van der Waals surface area contributed by atoms with Gasteiger partial charge < -0.3 is 20.3 Å². The topological polar surface area (TPSA) is 79.4 Å². The maximum Gasteiger partial charge on any atom is 0.407 e. The summed E-state index contributed by atoms with van der Waals surface area (Å²) in [6, 6.07) is 17.3. The number of aromatic nitrogens is 2. The summed E-state index contributed by atoms with van der Waals surface area (Å²) in [7, 11) is 4.11. The lowest BCUT2D eigenvalue weighted by Crippen LogP contribution is -2.41. The molecule has 0 atom stereocenters. The second-order valence-corrected chi connectivity index (χ2v) is 11.1. The summed E-state index contributed by atoms with van der Waals surface area (Å²) < 4.78 is 5.76. The Morgan fingerprint density at radius 1 is 0.895 bits per heavy atom. The summed E-state index contributed by atoms with van der Waals surface area (Å²) >= 11 is 0. The SMILES string of the molecule is CN(C)c1nc(NC2CCC(NC(=O)OCC3c4ccccc4-c4ccccc43)CC2)nc2c1CCCC2. The minimum absolute atomic E-state index is 0.0803. The number of rotatable bonds is 6. The molecule has 1 amide bonds. The Hall–Kier alpha value is -3.61. The van der Waals surface area contributed by atoms with Crippen LogP contribution in [0, 0.1) is 0 Å². The number of hydrogen-bond donors (Lipinski definition) is 2. The van der Waals surface area contributed by atoms with Crippen molar-refractivity contribution in [2.45, 2.75) is 69.4 Å². The molecule has 1 saturated carbocycles. The molecule has 1 fully saturated rings. The molecule has 2 N–H and O–H groups in total. The Morgan fingerprint density at radius 3 is 2.21 bits per heavy atom. The molecule has 38 heavy (non-hydrogen) atoms. The molecule has 3 aromatic rings. The quantitative estimate of drug-likeness (QED) is 0.443. The van der Waals surface area contributed by atoms with Crippen molar-refractivity contribution in [1.82, 2.24) is 15.3 Å². The predicted molar refractivity (Wildman–Crippen MR) is 151 cm³/mol. The Bertz CT molecular complexity index is 1270. The number of aryl methyl sites for hydroxylation is 1. The minimum Gasteiger partial charge on any atom is -0.449 e. The van der Waals surface area contributed by atoms with Crippen molar-refractivity contribution in [3.05, 3.63) is 70.9 Å². The summed E-state index contributed by atoms with van der Waals surface area (Å²) in [6.45, 7) is 0.348. The van der Waals surface area contributed by atoms with Crippen LogP contribution < -0.4 is 15.5 Å². The highest BCUT2D eigenvalue weighted by molar-refractivity contribution is 5.79. The van der Waals surface area contributed by atoms with E-state index in [1.165, 1.54) is 46.4 Å². The zero-order valence-electron chi connectivity index (χ0n) is 22.4. The van der Waals surface area contributed by atoms with E-state index in [0.29, 0.717) is 12.6 Å². The third kappa shape index (κ3) is 4.94. The summed E-state index contributed by atoms with van der Waals surface area (Å²) in [5.74, 6) is 1.86. The average Bonchev–Trinajstić information content (AvgIpc) is 3.26. The number of hydrogen-bond acceptors (Lipinski definition) is 6. The van der Waals surface area contributed by atoms with Gasteiger partial charge in [-0.05, 0) is 73.6 Å². The van der Waals surface area contributed by atoms with Crippen LogP contribution >= 0.6 is 0 Å². The number of ether oxygens (including phenoxy) is 1. The highest BCUT2D eigenvalue weighted by Gasteiger charge is 2.30. The van der Waals surface area contributed by atoms with Crippen molar-refractivity contribution in [1.29, 1.82) is 0 Å². The van der Waals surface area contributed by atoms with E-state index in [2.05, 4.69) is 78.2 Å². The van der Waals surface area contributed by atoms with Crippen LogP contribution in [0.2, 0.25) is 0 Å². The summed E-state index contributed by atoms with van der Waals surface area (Å²) in [4.78, 5) is 24.6. The number of benzene rings is 2. The molecule has 0 radical (unpaired) electrons. The first-order valence-electron chi connectivity index (χ1n) is 14.0. The first-order valence-corrected chi connectivity index (χ1v) is 14.0. The fourth-order valence-electron chi connectivity index (χ4n) is 6.38. The van der Waals surface area contributed by atoms with Gasteiger partial charge in [-0.1, -0.05) is 48.5 Å². The van der Waals surface area contributed by atoms with E-state index >= 15 is 0 Å². The first-order chi connectivity index (χ1) is 18.6. The van der Waals surface area contributed by atoms with Crippen molar-refractivity contribution in [2.24, 2.45) is 0 Å². The Labute approximate surface area is 225 Å². The molecular weight excluding hydrogens is 474 g/mol. The van der Waals surface area contributed by atoms with Gasteiger partial charge in [0.2, 0.25) is 5.95 Å². The van der Waals surface area contributed by atoms with Gasteiger partial charge in [0.05, 0.1) is 5.69 Å². The third-order valence-electron chi connectivity index (χ3n) is 8.31. The van der Waals surface area contributed by atoms with Gasteiger partial charge in [-0.2, -0.15) is 4.98 Å². The van der Waals surface area contributed by atoms with Crippen molar-refractivity contribution >= 4 is 17.9 Å². The molecule has 6 rings (SSSR count). The van der Waals surface area contributed by atoms with Crippen molar-refractivity contribution in [3.63, 3.8) is 0 Å². The first kappa shape index (κ1) is 24.7. The molecule has 0 bridgehead atoms. The van der Waals surface area contributed by atoms with E-state index in [1.807, 2.05) is 0 Å². The molecule has 7 heteroatoms. The highest BCUT2D eigenvalue weighted by Crippen LogP contribution is 2.44. The number of amides is 1. The standard InChI is InChI=1S/C31H37N5O2/c1-36(2)29-26-13-7-8-14-28(26)34-30(35-29)32-20-15-17-21(18-16-20)33-31(37)38-19-27-24-11-5-3-9-22(24)23-10-4-6-12-25(23)27/h3-6,9-12,20-21,27H,7-8,13-19H2,1-2H3,(H,33,37)(H,32,34,35). The normalized spacial score (nSPS) is 20.2. The molecule has 0 saturated heterocycles. The number of nitrogens with one attached hydrogen (secondary N) is 2. The summed E-state index contributed by atoms with van der Waals surface area (Å²) in [6.07, 6.45) is 7.93. The maximum absolute atomic E-state index is 12.7. The summed E-state index contributed by atoms with van der Waals surface area (Å²) in [5.41, 5.74) is 7.45. The van der Waals surface area contributed by atoms with Gasteiger partial charge in [0.25, 0.3) is 0 Å². The van der Waals surface area contributed by atoms with Crippen molar-refractivity contribution in [2.75, 3.05) is 30.9 Å². The van der Waals surface area contributed by atoms with Gasteiger partial charge in [0.1, 0.15) is 12.4 Å². The lowest BCUT2D eigenvalue weighted by atomic mass is 9.91. The van der Waals surface area contributed by atoms with E-state index in [1.54, 1.807) is 0 Å². The van der Waals surface area contributed by atoms with Gasteiger partial charge in [-0.3, -0.25) is 0 Å². The molecule has 1 heterocycles.